The zero-order chi connectivity index (χ0) is 10.5. The summed E-state index contributed by atoms with van der Waals surface area (Å²) in [6, 6.07) is 6.69. The van der Waals surface area contributed by atoms with E-state index < -0.39 is 0 Å². The van der Waals surface area contributed by atoms with Gasteiger partial charge in [-0.3, -0.25) is 0 Å². The second kappa shape index (κ2) is 4.94. The quantitative estimate of drug-likeness (QED) is 0.769. The van der Waals surface area contributed by atoms with E-state index in [4.69, 9.17) is 4.74 Å². The molecule has 1 aliphatic rings. The molecule has 0 aliphatic carbocycles. The lowest BCUT2D eigenvalue weighted by atomic mass is 10.2. The van der Waals surface area contributed by atoms with Crippen molar-refractivity contribution in [3.05, 3.63) is 41.7 Å². The maximum absolute atomic E-state index is 13.2. The van der Waals surface area contributed by atoms with Crippen LogP contribution in [-0.4, -0.2) is 19.8 Å². The minimum Gasteiger partial charge on any atom is -0.379 e. The minimum atomic E-state index is -0.213. The highest BCUT2D eigenvalue weighted by molar-refractivity contribution is 5.45. The zero-order valence-corrected chi connectivity index (χ0v) is 8.50. The van der Waals surface area contributed by atoms with Gasteiger partial charge in [-0.1, -0.05) is 18.2 Å². The Labute approximate surface area is 88.8 Å². The van der Waals surface area contributed by atoms with E-state index >= 15 is 0 Å². The van der Waals surface area contributed by atoms with E-state index in [1.54, 1.807) is 12.1 Å². The van der Waals surface area contributed by atoms with Crippen LogP contribution in [0.3, 0.4) is 0 Å². The van der Waals surface area contributed by atoms with E-state index in [-0.39, 0.29) is 5.82 Å². The Morgan fingerprint density at radius 1 is 1.33 bits per heavy atom. The summed E-state index contributed by atoms with van der Waals surface area (Å²) < 4.78 is 18.5. The number of hydrogen-bond donors (Lipinski definition) is 1. The third-order valence-corrected chi connectivity index (χ3v) is 2.36. The molecule has 0 bridgehead atoms. The van der Waals surface area contributed by atoms with Crippen LogP contribution in [0, 0.1) is 5.82 Å². The van der Waals surface area contributed by atoms with Gasteiger partial charge < -0.3 is 10.1 Å². The molecule has 0 unspecified atom stereocenters. The highest BCUT2D eigenvalue weighted by Gasteiger charge is 2.04. The van der Waals surface area contributed by atoms with Gasteiger partial charge in [-0.25, -0.2) is 4.39 Å². The largest absolute Gasteiger partial charge is 0.379 e. The van der Waals surface area contributed by atoms with Gasteiger partial charge in [0.1, 0.15) is 5.82 Å². The minimum absolute atomic E-state index is 0.213. The summed E-state index contributed by atoms with van der Waals surface area (Å²) in [7, 11) is 0. The summed E-state index contributed by atoms with van der Waals surface area (Å²) in [6.07, 6.45) is 3.10. The van der Waals surface area contributed by atoms with Crippen LogP contribution in [0.25, 0.3) is 0 Å². The van der Waals surface area contributed by atoms with Gasteiger partial charge in [0.25, 0.3) is 0 Å². The number of halogens is 1. The Morgan fingerprint density at radius 3 is 2.93 bits per heavy atom. The molecule has 0 amide bonds. The van der Waals surface area contributed by atoms with Gasteiger partial charge in [-0.2, -0.15) is 0 Å². The molecule has 2 nitrogen and oxygen atoms in total. The Hall–Kier alpha value is -1.35. The van der Waals surface area contributed by atoms with Crippen LogP contribution in [0.4, 0.5) is 10.1 Å². The number of ether oxygens (including phenoxy) is 1. The molecule has 3 heteroatoms. The first-order valence-corrected chi connectivity index (χ1v) is 5.10. The van der Waals surface area contributed by atoms with E-state index in [0.29, 0.717) is 18.8 Å². The highest BCUT2D eigenvalue weighted by Crippen LogP contribution is 2.13. The first kappa shape index (κ1) is 10.2. The standard InChI is InChI=1S/C12H14FNO/c13-11-5-1-2-6-12(11)14-8-10-4-3-7-15-9-10/h1-2,4-6,14H,3,7-9H2. The van der Waals surface area contributed by atoms with Crippen molar-refractivity contribution in [2.75, 3.05) is 25.1 Å². The normalized spacial score (nSPS) is 15.9. The Bertz CT molecular complexity index is 362. The van der Waals surface area contributed by atoms with Gasteiger partial charge in [0.2, 0.25) is 0 Å². The SMILES string of the molecule is Fc1ccccc1NCC1=CCCOC1. The first-order chi connectivity index (χ1) is 7.36. The van der Waals surface area contributed by atoms with Crippen LogP contribution in [0.1, 0.15) is 6.42 Å². The van der Waals surface area contributed by atoms with Crippen molar-refractivity contribution >= 4 is 5.69 Å². The maximum atomic E-state index is 13.2. The first-order valence-electron chi connectivity index (χ1n) is 5.10. The molecular formula is C12H14FNO. The topological polar surface area (TPSA) is 21.3 Å². The number of para-hydroxylation sites is 1. The molecule has 0 fully saturated rings. The van der Waals surface area contributed by atoms with Crippen molar-refractivity contribution in [1.29, 1.82) is 0 Å². The lowest BCUT2D eigenvalue weighted by Gasteiger charge is -2.15. The Balaban J connectivity index is 1.93. The molecule has 15 heavy (non-hydrogen) atoms. The lowest BCUT2D eigenvalue weighted by Crippen LogP contribution is -2.14. The molecule has 0 saturated carbocycles. The number of hydrogen-bond acceptors (Lipinski definition) is 2. The van der Waals surface area contributed by atoms with E-state index in [2.05, 4.69) is 11.4 Å². The number of benzene rings is 1. The van der Waals surface area contributed by atoms with Gasteiger partial charge in [0, 0.05) is 6.54 Å². The van der Waals surface area contributed by atoms with E-state index in [1.165, 1.54) is 11.6 Å². The molecule has 0 saturated heterocycles. The molecule has 1 N–H and O–H groups in total. The van der Waals surface area contributed by atoms with E-state index in [1.807, 2.05) is 6.07 Å². The molecule has 80 valence electrons. The molecule has 1 aliphatic heterocycles. The molecule has 1 aromatic rings. The van der Waals surface area contributed by atoms with Crippen LogP contribution < -0.4 is 5.32 Å². The fraction of sp³-hybridized carbons (Fsp3) is 0.333. The molecule has 1 aromatic carbocycles. The lowest BCUT2D eigenvalue weighted by molar-refractivity contribution is 0.150. The average Bonchev–Trinajstić information content (AvgIpc) is 2.29. The molecule has 0 aromatic heterocycles. The van der Waals surface area contributed by atoms with Gasteiger partial charge in [0.05, 0.1) is 18.9 Å². The second-order valence-corrected chi connectivity index (χ2v) is 3.54. The summed E-state index contributed by atoms with van der Waals surface area (Å²) in [6.45, 7) is 2.10. The number of rotatable bonds is 3. The average molecular weight is 207 g/mol. The second-order valence-electron chi connectivity index (χ2n) is 3.54. The third-order valence-electron chi connectivity index (χ3n) is 2.36. The van der Waals surface area contributed by atoms with Crippen molar-refractivity contribution in [3.63, 3.8) is 0 Å². The molecule has 0 spiro atoms. The summed E-state index contributed by atoms with van der Waals surface area (Å²) >= 11 is 0. The Kier molecular flexibility index (Phi) is 3.35. The van der Waals surface area contributed by atoms with E-state index in [9.17, 15) is 4.39 Å². The van der Waals surface area contributed by atoms with Crippen LogP contribution >= 0.6 is 0 Å². The molecule has 0 radical (unpaired) electrons. The number of anilines is 1. The third kappa shape index (κ3) is 2.80. The highest BCUT2D eigenvalue weighted by atomic mass is 19.1. The van der Waals surface area contributed by atoms with Crippen molar-refractivity contribution in [3.8, 4) is 0 Å². The predicted molar refractivity (Wildman–Crippen MR) is 58.4 cm³/mol. The van der Waals surface area contributed by atoms with Crippen molar-refractivity contribution < 1.29 is 9.13 Å². The van der Waals surface area contributed by atoms with Crippen LogP contribution in [0.5, 0.6) is 0 Å². The monoisotopic (exact) mass is 207 g/mol. The van der Waals surface area contributed by atoms with E-state index in [0.717, 1.165) is 13.0 Å². The Morgan fingerprint density at radius 2 is 2.20 bits per heavy atom. The summed E-state index contributed by atoms with van der Waals surface area (Å²) in [5, 5.41) is 3.06. The fourth-order valence-corrected chi connectivity index (χ4v) is 1.55. The smallest absolute Gasteiger partial charge is 0.146 e. The molecule has 1 heterocycles. The molecule has 2 rings (SSSR count). The summed E-state index contributed by atoms with van der Waals surface area (Å²) in [5.74, 6) is -0.213. The van der Waals surface area contributed by atoms with Gasteiger partial charge in [0.15, 0.2) is 0 Å². The van der Waals surface area contributed by atoms with Crippen molar-refractivity contribution in [1.82, 2.24) is 0 Å². The van der Waals surface area contributed by atoms with Gasteiger partial charge in [-0.05, 0) is 24.1 Å². The maximum Gasteiger partial charge on any atom is 0.146 e. The zero-order valence-electron chi connectivity index (χ0n) is 8.50. The van der Waals surface area contributed by atoms with Crippen molar-refractivity contribution in [2.24, 2.45) is 0 Å². The molecular weight excluding hydrogens is 193 g/mol. The summed E-state index contributed by atoms with van der Waals surface area (Å²) in [5.41, 5.74) is 1.73. The van der Waals surface area contributed by atoms with Gasteiger partial charge in [-0.15, -0.1) is 0 Å². The van der Waals surface area contributed by atoms with Crippen molar-refractivity contribution in [2.45, 2.75) is 6.42 Å². The van der Waals surface area contributed by atoms with Gasteiger partial charge >= 0.3 is 0 Å². The molecule has 0 atom stereocenters. The number of nitrogens with one attached hydrogen (secondary N) is 1. The van der Waals surface area contributed by atoms with Crippen LogP contribution in [0.2, 0.25) is 0 Å². The predicted octanol–water partition coefficient (Wildman–Crippen LogP) is 2.58. The fourth-order valence-electron chi connectivity index (χ4n) is 1.55. The van der Waals surface area contributed by atoms with Crippen LogP contribution in [-0.2, 0) is 4.74 Å². The summed E-state index contributed by atoms with van der Waals surface area (Å²) in [4.78, 5) is 0. The van der Waals surface area contributed by atoms with Crippen LogP contribution in [0.15, 0.2) is 35.9 Å².